The molecule has 2 rings (SSSR count). The molecule has 1 amide bonds. The van der Waals surface area contributed by atoms with Crippen molar-refractivity contribution in [3.63, 3.8) is 0 Å². The van der Waals surface area contributed by atoms with Crippen molar-refractivity contribution in [3.05, 3.63) is 34.3 Å². The van der Waals surface area contributed by atoms with Gasteiger partial charge in [-0.2, -0.15) is 0 Å². The zero-order valence-electron chi connectivity index (χ0n) is 12.1. The average Bonchev–Trinajstić information content (AvgIpc) is 2.48. The molecule has 116 valence electrons. The molecular formula is C15H21ClN2O3. The highest BCUT2D eigenvalue weighted by atomic mass is 35.5. The topological polar surface area (TPSA) is 61.8 Å². The number of hydrogen-bond acceptors (Lipinski definition) is 4. The number of nitrogens with one attached hydrogen (secondary N) is 1. The van der Waals surface area contributed by atoms with Gasteiger partial charge in [-0.3, -0.25) is 9.69 Å². The normalized spacial score (nSPS) is 17.5. The standard InChI is InChI=1S/C15H21ClN2O3/c1-11-8-12(2-3-14(11)16)15(20)17-9-13(19)10-18-4-6-21-7-5-18/h2-3,8,13,19H,4-7,9-10H2,1H3,(H,17,20)/t13-/m1/s1. The Morgan fingerprint density at radius 3 is 2.86 bits per heavy atom. The van der Waals surface area contributed by atoms with E-state index in [1.807, 2.05) is 6.92 Å². The summed E-state index contributed by atoms with van der Waals surface area (Å²) < 4.78 is 5.25. The van der Waals surface area contributed by atoms with E-state index in [1.165, 1.54) is 0 Å². The largest absolute Gasteiger partial charge is 0.390 e. The molecule has 1 atom stereocenters. The van der Waals surface area contributed by atoms with Gasteiger partial charge in [0.25, 0.3) is 5.91 Å². The third-order valence-corrected chi connectivity index (χ3v) is 3.92. The van der Waals surface area contributed by atoms with Gasteiger partial charge in [0.05, 0.1) is 19.3 Å². The first kappa shape index (κ1) is 16.2. The summed E-state index contributed by atoms with van der Waals surface area (Å²) >= 11 is 5.93. The lowest BCUT2D eigenvalue weighted by molar-refractivity contribution is 0.0149. The van der Waals surface area contributed by atoms with Gasteiger partial charge in [0.2, 0.25) is 0 Å². The van der Waals surface area contributed by atoms with Crippen molar-refractivity contribution in [1.29, 1.82) is 0 Å². The first-order chi connectivity index (χ1) is 10.1. The molecule has 1 saturated heterocycles. The second kappa shape index (κ2) is 7.75. The molecule has 0 bridgehead atoms. The fraction of sp³-hybridized carbons (Fsp3) is 0.533. The summed E-state index contributed by atoms with van der Waals surface area (Å²) in [6.07, 6.45) is -0.583. The minimum atomic E-state index is -0.583. The summed E-state index contributed by atoms with van der Waals surface area (Å²) in [5.41, 5.74) is 1.41. The van der Waals surface area contributed by atoms with Crippen LogP contribution in [0.3, 0.4) is 0 Å². The summed E-state index contributed by atoms with van der Waals surface area (Å²) in [5, 5.41) is 13.4. The lowest BCUT2D eigenvalue weighted by Crippen LogP contribution is -2.44. The second-order valence-corrected chi connectivity index (χ2v) is 5.65. The molecule has 1 aromatic rings. The van der Waals surface area contributed by atoms with E-state index in [1.54, 1.807) is 18.2 Å². The summed E-state index contributed by atoms with van der Waals surface area (Å²) in [5.74, 6) is -0.198. The average molecular weight is 313 g/mol. The number of nitrogens with zero attached hydrogens (tertiary/aromatic N) is 1. The van der Waals surface area contributed by atoms with Gasteiger partial charge < -0.3 is 15.2 Å². The van der Waals surface area contributed by atoms with E-state index in [0.29, 0.717) is 30.3 Å². The van der Waals surface area contributed by atoms with Crippen molar-refractivity contribution in [1.82, 2.24) is 10.2 Å². The summed E-state index contributed by atoms with van der Waals surface area (Å²) in [4.78, 5) is 14.1. The molecule has 1 fully saturated rings. The third kappa shape index (κ3) is 4.97. The maximum atomic E-state index is 12.0. The van der Waals surface area contributed by atoms with Crippen LogP contribution in [-0.4, -0.2) is 61.4 Å². The molecule has 5 nitrogen and oxygen atoms in total. The van der Waals surface area contributed by atoms with Crippen LogP contribution >= 0.6 is 11.6 Å². The quantitative estimate of drug-likeness (QED) is 0.854. The van der Waals surface area contributed by atoms with E-state index in [9.17, 15) is 9.90 Å². The van der Waals surface area contributed by atoms with Gasteiger partial charge in [-0.1, -0.05) is 11.6 Å². The zero-order valence-corrected chi connectivity index (χ0v) is 12.9. The van der Waals surface area contributed by atoms with Gasteiger partial charge in [-0.25, -0.2) is 0 Å². The Labute approximate surface area is 129 Å². The minimum absolute atomic E-state index is 0.198. The van der Waals surface area contributed by atoms with E-state index in [-0.39, 0.29) is 12.5 Å². The van der Waals surface area contributed by atoms with Gasteiger partial charge in [0, 0.05) is 36.8 Å². The first-order valence-corrected chi connectivity index (χ1v) is 7.46. The van der Waals surface area contributed by atoms with Crippen LogP contribution in [0.2, 0.25) is 5.02 Å². The Morgan fingerprint density at radius 1 is 1.48 bits per heavy atom. The van der Waals surface area contributed by atoms with E-state index in [0.717, 1.165) is 18.7 Å². The fourth-order valence-electron chi connectivity index (χ4n) is 2.24. The van der Waals surface area contributed by atoms with Crippen molar-refractivity contribution in [3.8, 4) is 0 Å². The lowest BCUT2D eigenvalue weighted by atomic mass is 10.1. The van der Waals surface area contributed by atoms with Gasteiger partial charge in [-0.05, 0) is 30.7 Å². The predicted octanol–water partition coefficient (Wildman–Crippen LogP) is 1.07. The molecule has 6 heteroatoms. The fourth-order valence-corrected chi connectivity index (χ4v) is 2.36. The van der Waals surface area contributed by atoms with Crippen LogP contribution in [-0.2, 0) is 4.74 Å². The van der Waals surface area contributed by atoms with Crippen molar-refractivity contribution in [2.24, 2.45) is 0 Å². The first-order valence-electron chi connectivity index (χ1n) is 7.09. The molecule has 0 spiro atoms. The maximum Gasteiger partial charge on any atom is 0.251 e. The summed E-state index contributed by atoms with van der Waals surface area (Å²) in [7, 11) is 0. The number of morpholine rings is 1. The number of amides is 1. The third-order valence-electron chi connectivity index (χ3n) is 3.49. The number of aliphatic hydroxyl groups excluding tert-OH is 1. The minimum Gasteiger partial charge on any atom is -0.390 e. The van der Waals surface area contributed by atoms with Gasteiger partial charge in [-0.15, -0.1) is 0 Å². The number of halogens is 1. The maximum absolute atomic E-state index is 12.0. The van der Waals surface area contributed by atoms with E-state index >= 15 is 0 Å². The zero-order chi connectivity index (χ0) is 15.2. The molecule has 1 aliphatic rings. The van der Waals surface area contributed by atoms with Crippen molar-refractivity contribution in [2.45, 2.75) is 13.0 Å². The van der Waals surface area contributed by atoms with Crippen LogP contribution in [0.25, 0.3) is 0 Å². The number of carbonyl (C=O) groups is 1. The van der Waals surface area contributed by atoms with Crippen LogP contribution in [0.15, 0.2) is 18.2 Å². The molecule has 0 unspecified atom stereocenters. The molecule has 21 heavy (non-hydrogen) atoms. The van der Waals surface area contributed by atoms with Gasteiger partial charge >= 0.3 is 0 Å². The van der Waals surface area contributed by atoms with Crippen molar-refractivity contribution in [2.75, 3.05) is 39.4 Å². The Bertz CT molecular complexity index is 490. The number of carbonyl (C=O) groups excluding carboxylic acids is 1. The van der Waals surface area contributed by atoms with Crippen molar-refractivity contribution >= 4 is 17.5 Å². The number of ether oxygens (including phenoxy) is 1. The van der Waals surface area contributed by atoms with Crippen LogP contribution in [0.5, 0.6) is 0 Å². The number of β-amino-alcohol motifs (C(OH)–C–C–N with tert-alkyl or cyclic N) is 1. The Hall–Kier alpha value is -1.14. The van der Waals surface area contributed by atoms with Crippen LogP contribution < -0.4 is 5.32 Å². The Kier molecular flexibility index (Phi) is 5.99. The number of benzene rings is 1. The Balaban J connectivity index is 1.78. The SMILES string of the molecule is Cc1cc(C(=O)NC[C@@H](O)CN2CCOCC2)ccc1Cl. The van der Waals surface area contributed by atoms with E-state index in [4.69, 9.17) is 16.3 Å². The molecule has 0 aliphatic carbocycles. The number of hydrogen-bond donors (Lipinski definition) is 2. The number of rotatable bonds is 5. The molecule has 1 aromatic carbocycles. The number of aliphatic hydroxyl groups is 1. The van der Waals surface area contributed by atoms with E-state index < -0.39 is 6.10 Å². The Morgan fingerprint density at radius 2 is 2.19 bits per heavy atom. The molecule has 1 heterocycles. The highest BCUT2D eigenvalue weighted by Gasteiger charge is 2.16. The van der Waals surface area contributed by atoms with Crippen molar-refractivity contribution < 1.29 is 14.6 Å². The van der Waals surface area contributed by atoms with Crippen LogP contribution in [0, 0.1) is 6.92 Å². The molecule has 0 saturated carbocycles. The predicted molar refractivity (Wildman–Crippen MR) is 81.8 cm³/mol. The smallest absolute Gasteiger partial charge is 0.251 e. The van der Waals surface area contributed by atoms with E-state index in [2.05, 4.69) is 10.2 Å². The molecule has 2 N–H and O–H groups in total. The van der Waals surface area contributed by atoms with Crippen LogP contribution in [0.1, 0.15) is 15.9 Å². The van der Waals surface area contributed by atoms with Gasteiger partial charge in [0.1, 0.15) is 0 Å². The molecular weight excluding hydrogens is 292 g/mol. The molecule has 1 aliphatic heterocycles. The lowest BCUT2D eigenvalue weighted by Gasteiger charge is -2.28. The monoisotopic (exact) mass is 312 g/mol. The van der Waals surface area contributed by atoms with Gasteiger partial charge in [0.15, 0.2) is 0 Å². The highest BCUT2D eigenvalue weighted by Crippen LogP contribution is 2.16. The molecule has 0 radical (unpaired) electrons. The number of aryl methyl sites for hydroxylation is 1. The molecule has 0 aromatic heterocycles. The highest BCUT2D eigenvalue weighted by molar-refractivity contribution is 6.31. The summed E-state index contributed by atoms with van der Waals surface area (Å²) in [6.45, 7) is 5.67. The summed E-state index contributed by atoms with van der Waals surface area (Å²) in [6, 6.07) is 5.13. The van der Waals surface area contributed by atoms with Crippen LogP contribution in [0.4, 0.5) is 0 Å². The second-order valence-electron chi connectivity index (χ2n) is 5.24.